The fourth-order valence-electron chi connectivity index (χ4n) is 4.04. The lowest BCUT2D eigenvalue weighted by molar-refractivity contribution is -0.140. The molecule has 0 radical (unpaired) electrons. The topological polar surface area (TPSA) is 92.8 Å². The van der Waals surface area contributed by atoms with Crippen molar-refractivity contribution in [3.8, 4) is 0 Å². The molecule has 0 spiro atoms. The number of rotatable bonds is 14. The second-order valence-electron chi connectivity index (χ2n) is 10.6. The van der Waals surface area contributed by atoms with Gasteiger partial charge in [-0.2, -0.15) is 0 Å². The summed E-state index contributed by atoms with van der Waals surface area (Å²) in [5.41, 5.74) is -0.814. The molecule has 7 nitrogen and oxygen atoms in total. The van der Waals surface area contributed by atoms with E-state index in [9.17, 15) is 19.2 Å². The molecule has 0 saturated carbocycles. The molecule has 1 N–H and O–H groups in total. The maximum atomic E-state index is 12.3. The van der Waals surface area contributed by atoms with Gasteiger partial charge in [0.2, 0.25) is 17.7 Å². The second-order valence-corrected chi connectivity index (χ2v) is 10.6. The lowest BCUT2D eigenvalue weighted by atomic mass is 9.80. The van der Waals surface area contributed by atoms with Crippen molar-refractivity contribution < 1.29 is 23.9 Å². The maximum Gasteiger partial charge on any atom is 0.233 e. The minimum atomic E-state index is -0.421. The normalized spacial score (nSPS) is 19.1. The zero-order valence-corrected chi connectivity index (χ0v) is 21.4. The van der Waals surface area contributed by atoms with Crippen molar-refractivity contribution in [2.75, 3.05) is 19.7 Å². The van der Waals surface area contributed by atoms with Crippen molar-refractivity contribution in [1.82, 2.24) is 10.2 Å². The first-order chi connectivity index (χ1) is 14.7. The third-order valence-corrected chi connectivity index (χ3v) is 6.74. The Labute approximate surface area is 194 Å². The summed E-state index contributed by atoms with van der Waals surface area (Å²) in [6.07, 6.45) is 2.43. The smallest absolute Gasteiger partial charge is 0.233 e. The molecular formula is C25H44N2O5. The van der Waals surface area contributed by atoms with E-state index in [0.717, 1.165) is 6.42 Å². The Balaban J connectivity index is 2.41. The van der Waals surface area contributed by atoms with Gasteiger partial charge in [0.1, 0.15) is 5.78 Å². The molecule has 1 saturated heterocycles. The summed E-state index contributed by atoms with van der Waals surface area (Å²) in [6, 6.07) is 0. The molecule has 2 unspecified atom stereocenters. The minimum absolute atomic E-state index is 0.000164. The van der Waals surface area contributed by atoms with E-state index in [2.05, 4.69) is 5.32 Å². The Morgan fingerprint density at radius 2 is 1.75 bits per heavy atom. The second kappa shape index (κ2) is 11.9. The lowest BCUT2D eigenvalue weighted by Gasteiger charge is -2.32. The first kappa shape index (κ1) is 28.3. The van der Waals surface area contributed by atoms with Crippen LogP contribution in [0, 0.1) is 23.2 Å². The predicted octanol–water partition coefficient (Wildman–Crippen LogP) is 3.74. The molecule has 184 valence electrons. The van der Waals surface area contributed by atoms with Gasteiger partial charge in [0.25, 0.3) is 0 Å². The van der Waals surface area contributed by atoms with Gasteiger partial charge in [-0.25, -0.2) is 0 Å². The van der Waals surface area contributed by atoms with E-state index in [1.54, 1.807) is 0 Å². The van der Waals surface area contributed by atoms with Crippen molar-refractivity contribution in [3.05, 3.63) is 0 Å². The highest BCUT2D eigenvalue weighted by Crippen LogP contribution is 2.28. The van der Waals surface area contributed by atoms with E-state index < -0.39 is 11.0 Å². The summed E-state index contributed by atoms with van der Waals surface area (Å²) in [4.78, 5) is 50.2. The fourth-order valence-corrected chi connectivity index (χ4v) is 4.04. The molecule has 2 atom stereocenters. The Morgan fingerprint density at radius 1 is 1.12 bits per heavy atom. The third kappa shape index (κ3) is 7.98. The number of nitrogens with zero attached hydrogens (tertiary/aromatic N) is 1. The first-order valence-corrected chi connectivity index (χ1v) is 12.0. The van der Waals surface area contributed by atoms with E-state index >= 15 is 0 Å². The van der Waals surface area contributed by atoms with Crippen LogP contribution >= 0.6 is 0 Å². The zero-order chi connectivity index (χ0) is 24.7. The average molecular weight is 453 g/mol. The van der Waals surface area contributed by atoms with Crippen LogP contribution in [0.5, 0.6) is 0 Å². The van der Waals surface area contributed by atoms with Crippen LogP contribution in [0.25, 0.3) is 0 Å². The van der Waals surface area contributed by atoms with Crippen molar-refractivity contribution in [1.29, 1.82) is 0 Å². The number of hydrogen-bond donors (Lipinski definition) is 1. The van der Waals surface area contributed by atoms with Gasteiger partial charge in [0, 0.05) is 49.8 Å². The van der Waals surface area contributed by atoms with Gasteiger partial charge in [0.15, 0.2) is 0 Å². The van der Waals surface area contributed by atoms with Crippen LogP contribution in [-0.2, 0) is 23.9 Å². The van der Waals surface area contributed by atoms with Gasteiger partial charge in [-0.3, -0.25) is 24.1 Å². The van der Waals surface area contributed by atoms with Crippen LogP contribution in [0.4, 0.5) is 0 Å². The molecule has 0 aromatic carbocycles. The van der Waals surface area contributed by atoms with Crippen LogP contribution in [0.2, 0.25) is 0 Å². The summed E-state index contributed by atoms with van der Waals surface area (Å²) in [6.45, 7) is 16.8. The van der Waals surface area contributed by atoms with Crippen molar-refractivity contribution in [2.45, 2.75) is 93.1 Å². The molecule has 1 heterocycles. The van der Waals surface area contributed by atoms with E-state index in [4.69, 9.17) is 4.74 Å². The highest BCUT2D eigenvalue weighted by atomic mass is 16.5. The number of amides is 3. The molecule has 0 aromatic rings. The Hall–Kier alpha value is -1.76. The van der Waals surface area contributed by atoms with Gasteiger partial charge in [-0.15, -0.1) is 0 Å². The van der Waals surface area contributed by atoms with Crippen LogP contribution in [0.3, 0.4) is 0 Å². The number of Topliss-reactive ketones (excluding diaryl/α,β-unsaturated/α-hetero) is 1. The highest BCUT2D eigenvalue weighted by Gasteiger charge is 2.39. The van der Waals surface area contributed by atoms with Crippen molar-refractivity contribution >= 4 is 23.5 Å². The molecule has 0 aliphatic carbocycles. The zero-order valence-electron chi connectivity index (χ0n) is 21.4. The van der Waals surface area contributed by atoms with E-state index in [0.29, 0.717) is 26.0 Å². The molecular weight excluding hydrogens is 408 g/mol. The maximum absolute atomic E-state index is 12.3. The molecule has 1 fully saturated rings. The van der Waals surface area contributed by atoms with E-state index in [1.807, 2.05) is 55.4 Å². The van der Waals surface area contributed by atoms with Crippen LogP contribution in [0.1, 0.15) is 87.5 Å². The van der Waals surface area contributed by atoms with Crippen molar-refractivity contribution in [2.24, 2.45) is 23.2 Å². The molecule has 3 amide bonds. The SMILES string of the molecule is CCC(C)(CCNC(=O)CCN1C(=O)CC(C(C)C)C1=O)OCCC(C)(C)C(=O)C(C)C. The van der Waals surface area contributed by atoms with Gasteiger partial charge in [0.05, 0.1) is 5.60 Å². The summed E-state index contributed by atoms with van der Waals surface area (Å²) in [5, 5.41) is 2.88. The quantitative estimate of drug-likeness (QED) is 0.405. The van der Waals surface area contributed by atoms with Gasteiger partial charge < -0.3 is 10.1 Å². The lowest BCUT2D eigenvalue weighted by Crippen LogP contribution is -2.38. The van der Waals surface area contributed by atoms with E-state index in [-0.39, 0.29) is 60.6 Å². The Bertz CT molecular complexity index is 686. The number of likely N-dealkylation sites (tertiary alicyclic amines) is 1. The number of hydrogen-bond acceptors (Lipinski definition) is 5. The number of carbonyl (C=O) groups excluding carboxylic acids is 4. The van der Waals surface area contributed by atoms with E-state index in [1.165, 1.54) is 4.90 Å². The number of imide groups is 1. The Kier molecular flexibility index (Phi) is 10.5. The van der Waals surface area contributed by atoms with Crippen LogP contribution in [-0.4, -0.2) is 53.7 Å². The van der Waals surface area contributed by atoms with Crippen LogP contribution in [0.15, 0.2) is 0 Å². The molecule has 0 aromatic heterocycles. The highest BCUT2D eigenvalue weighted by molar-refractivity contribution is 6.03. The number of carbonyl (C=O) groups is 4. The summed E-state index contributed by atoms with van der Waals surface area (Å²) in [5.74, 6) is -0.446. The number of ether oxygens (including phenoxy) is 1. The molecule has 1 aliphatic heterocycles. The monoisotopic (exact) mass is 452 g/mol. The van der Waals surface area contributed by atoms with Crippen LogP contribution < -0.4 is 5.32 Å². The summed E-state index contributed by atoms with van der Waals surface area (Å²) >= 11 is 0. The molecule has 7 heteroatoms. The van der Waals surface area contributed by atoms with Crippen molar-refractivity contribution in [3.63, 3.8) is 0 Å². The predicted molar refractivity (Wildman–Crippen MR) is 125 cm³/mol. The fraction of sp³-hybridized carbons (Fsp3) is 0.840. The average Bonchev–Trinajstić information content (AvgIpc) is 2.99. The van der Waals surface area contributed by atoms with Gasteiger partial charge in [-0.05, 0) is 32.1 Å². The number of ketones is 1. The summed E-state index contributed by atoms with van der Waals surface area (Å²) < 4.78 is 6.13. The Morgan fingerprint density at radius 3 is 2.25 bits per heavy atom. The van der Waals surface area contributed by atoms with Gasteiger partial charge in [-0.1, -0.05) is 48.5 Å². The molecule has 1 aliphatic rings. The third-order valence-electron chi connectivity index (χ3n) is 6.74. The first-order valence-electron chi connectivity index (χ1n) is 12.0. The minimum Gasteiger partial charge on any atom is -0.375 e. The number of nitrogens with one attached hydrogen (secondary N) is 1. The molecule has 32 heavy (non-hydrogen) atoms. The largest absolute Gasteiger partial charge is 0.375 e. The standard InChI is InChI=1S/C25H44N2O5/c1-9-25(8,32-15-12-24(6,7)22(30)18(4)5)11-13-26-20(28)10-14-27-21(29)16-19(17(2)3)23(27)31/h17-19H,9-16H2,1-8H3,(H,26,28). The van der Waals surface area contributed by atoms with Gasteiger partial charge >= 0.3 is 0 Å². The summed E-state index contributed by atoms with van der Waals surface area (Å²) in [7, 11) is 0. The molecule has 0 bridgehead atoms. The molecule has 1 rings (SSSR count).